The highest BCUT2D eigenvalue weighted by Crippen LogP contribution is 2.35. The van der Waals surface area contributed by atoms with Crippen LogP contribution < -0.4 is 5.73 Å². The molecule has 0 fully saturated rings. The lowest BCUT2D eigenvalue weighted by Gasteiger charge is -2.20. The quantitative estimate of drug-likeness (QED) is 0.264. The number of pyridine rings is 1. The molecule has 3 aromatic carbocycles. The predicted molar refractivity (Wildman–Crippen MR) is 148 cm³/mol. The van der Waals surface area contributed by atoms with Crippen LogP contribution in [0.2, 0.25) is 0 Å². The molecule has 1 aromatic heterocycles. The van der Waals surface area contributed by atoms with Gasteiger partial charge in [-0.2, -0.15) is 0 Å². The number of aromatic nitrogens is 1. The van der Waals surface area contributed by atoms with Crippen molar-refractivity contribution in [1.29, 1.82) is 0 Å². The van der Waals surface area contributed by atoms with Gasteiger partial charge in [-0.1, -0.05) is 48.0 Å². The molecular weight excluding hydrogens is 494 g/mol. The first-order valence-electron chi connectivity index (χ1n) is 12.9. The summed E-state index contributed by atoms with van der Waals surface area (Å²) in [6.45, 7) is 2.05. The highest BCUT2D eigenvalue weighted by atomic mass is 19.1. The van der Waals surface area contributed by atoms with Gasteiger partial charge in [0.1, 0.15) is 17.4 Å². The molecule has 5 rings (SSSR count). The number of fused-ring (bicyclic) bond motifs is 1. The molecule has 196 valence electrons. The van der Waals surface area contributed by atoms with Gasteiger partial charge in [0.25, 0.3) is 0 Å². The number of benzene rings is 3. The lowest BCUT2D eigenvalue weighted by atomic mass is 9.85. The number of Topliss-reactive ketones (excluding diaryl/α,β-unsaturated/α-hetero) is 1. The van der Waals surface area contributed by atoms with Gasteiger partial charge in [0.15, 0.2) is 0 Å². The summed E-state index contributed by atoms with van der Waals surface area (Å²) in [5.74, 6) is -2.34. The average molecular weight is 523 g/mol. The molecule has 4 aromatic rings. The van der Waals surface area contributed by atoms with Crippen molar-refractivity contribution < 1.29 is 18.4 Å². The predicted octanol–water partition coefficient (Wildman–Crippen LogP) is 6.75. The van der Waals surface area contributed by atoms with E-state index in [1.54, 1.807) is 30.5 Å². The lowest BCUT2D eigenvalue weighted by molar-refractivity contribution is -0.118. The van der Waals surface area contributed by atoms with Crippen LogP contribution in [0.5, 0.6) is 0 Å². The SMILES string of the molecule is Cc1ccc2c(c1)CC=C2CC(=O)C[C@@H](Cc1cc(F)cc(F)c1)c1ncccc1-c1cccc(C(N)=O)c1. The van der Waals surface area contributed by atoms with Crippen molar-refractivity contribution in [3.05, 3.63) is 130 Å². The zero-order valence-corrected chi connectivity index (χ0v) is 21.6. The van der Waals surface area contributed by atoms with Crippen LogP contribution in [0.15, 0.2) is 85.1 Å². The van der Waals surface area contributed by atoms with Gasteiger partial charge in [-0.05, 0) is 77.9 Å². The molecule has 1 atom stereocenters. The maximum Gasteiger partial charge on any atom is 0.248 e. The van der Waals surface area contributed by atoms with Gasteiger partial charge in [-0.3, -0.25) is 14.6 Å². The first kappa shape index (κ1) is 26.2. The number of hydrogen-bond acceptors (Lipinski definition) is 3. The number of carbonyl (C=O) groups excluding carboxylic acids is 2. The van der Waals surface area contributed by atoms with Crippen LogP contribution in [0.25, 0.3) is 16.7 Å². The number of halogens is 2. The third-order valence-corrected chi connectivity index (χ3v) is 7.12. The standard InChI is InChI=1S/C33H28F2N2O2/c1-20-7-10-30-23(12-20)8-9-24(30)17-29(38)18-26(13-21-14-27(34)19-28(35)15-21)32-31(6-3-11-37-32)22-4-2-5-25(16-22)33(36)39/h2-7,9-12,14-16,19,26H,8,13,17-18H2,1H3,(H2,36,39)/t26-/m1/s1. The first-order chi connectivity index (χ1) is 18.8. The Morgan fingerprint density at radius 3 is 2.51 bits per heavy atom. The normalized spacial score (nSPS) is 13.1. The van der Waals surface area contributed by atoms with Crippen LogP contribution in [0.1, 0.15) is 57.1 Å². The first-order valence-corrected chi connectivity index (χ1v) is 12.9. The van der Waals surface area contributed by atoms with E-state index in [9.17, 15) is 18.4 Å². The summed E-state index contributed by atoms with van der Waals surface area (Å²) in [6.07, 6.45) is 5.15. The molecule has 0 saturated carbocycles. The monoisotopic (exact) mass is 522 g/mol. The van der Waals surface area contributed by atoms with Gasteiger partial charge in [0.05, 0.1) is 5.69 Å². The summed E-state index contributed by atoms with van der Waals surface area (Å²) in [5.41, 5.74) is 12.9. The molecule has 1 amide bonds. The van der Waals surface area contributed by atoms with E-state index in [1.807, 2.05) is 25.1 Å². The summed E-state index contributed by atoms with van der Waals surface area (Å²) >= 11 is 0. The maximum atomic E-state index is 14.1. The number of primary amides is 1. The Bertz CT molecular complexity index is 1590. The minimum atomic E-state index is -0.673. The highest BCUT2D eigenvalue weighted by molar-refractivity contribution is 5.94. The van der Waals surface area contributed by atoms with E-state index < -0.39 is 23.5 Å². The van der Waals surface area contributed by atoms with Crippen molar-refractivity contribution in [2.24, 2.45) is 5.73 Å². The highest BCUT2D eigenvalue weighted by Gasteiger charge is 2.24. The molecule has 0 spiro atoms. The van der Waals surface area contributed by atoms with Gasteiger partial charge in [0.2, 0.25) is 5.91 Å². The molecule has 0 aliphatic heterocycles. The molecule has 1 aliphatic carbocycles. The van der Waals surface area contributed by atoms with Gasteiger partial charge in [-0.15, -0.1) is 0 Å². The van der Waals surface area contributed by atoms with Gasteiger partial charge < -0.3 is 5.73 Å². The smallest absolute Gasteiger partial charge is 0.248 e. The molecule has 39 heavy (non-hydrogen) atoms. The third-order valence-electron chi connectivity index (χ3n) is 7.12. The fourth-order valence-electron chi connectivity index (χ4n) is 5.38. The van der Waals surface area contributed by atoms with Crippen molar-refractivity contribution in [3.8, 4) is 11.1 Å². The van der Waals surface area contributed by atoms with E-state index in [4.69, 9.17) is 5.73 Å². The van der Waals surface area contributed by atoms with Crippen LogP contribution in [0.3, 0.4) is 0 Å². The second-order valence-electron chi connectivity index (χ2n) is 10.1. The van der Waals surface area contributed by atoms with E-state index in [1.165, 1.54) is 23.3 Å². The molecule has 2 N–H and O–H groups in total. The van der Waals surface area contributed by atoms with Crippen LogP contribution in [-0.4, -0.2) is 16.7 Å². The summed E-state index contributed by atoms with van der Waals surface area (Å²) in [7, 11) is 0. The Morgan fingerprint density at radius 2 is 1.74 bits per heavy atom. The zero-order valence-electron chi connectivity index (χ0n) is 21.6. The number of rotatable bonds is 9. The Kier molecular flexibility index (Phi) is 7.46. The molecule has 0 unspecified atom stereocenters. The largest absolute Gasteiger partial charge is 0.366 e. The van der Waals surface area contributed by atoms with E-state index in [-0.39, 0.29) is 25.0 Å². The van der Waals surface area contributed by atoms with Crippen LogP contribution in [0, 0.1) is 18.6 Å². The Morgan fingerprint density at radius 1 is 0.949 bits per heavy atom. The minimum absolute atomic E-state index is 0.0130. The number of nitrogens with two attached hydrogens (primary N) is 1. The zero-order chi connectivity index (χ0) is 27.5. The molecule has 6 heteroatoms. The summed E-state index contributed by atoms with van der Waals surface area (Å²) in [6, 6.07) is 20.2. The molecule has 4 nitrogen and oxygen atoms in total. The Hall–Kier alpha value is -4.45. The number of ketones is 1. The van der Waals surface area contributed by atoms with Gasteiger partial charge in [0, 0.05) is 42.1 Å². The molecule has 0 radical (unpaired) electrons. The second-order valence-corrected chi connectivity index (χ2v) is 10.1. The fourth-order valence-corrected chi connectivity index (χ4v) is 5.38. The van der Waals surface area contributed by atoms with Crippen molar-refractivity contribution in [2.45, 2.75) is 38.5 Å². The van der Waals surface area contributed by atoms with E-state index >= 15 is 0 Å². The van der Waals surface area contributed by atoms with Gasteiger partial charge in [-0.25, -0.2) is 8.78 Å². The second kappa shape index (κ2) is 11.1. The molecule has 0 saturated heterocycles. The van der Waals surface area contributed by atoms with Crippen LogP contribution in [-0.2, 0) is 17.6 Å². The fraction of sp³-hybridized carbons (Fsp3) is 0.182. The average Bonchev–Trinajstić information content (AvgIpc) is 3.29. The van der Waals surface area contributed by atoms with E-state index in [0.717, 1.165) is 34.8 Å². The molecule has 0 bridgehead atoms. The summed E-state index contributed by atoms with van der Waals surface area (Å²) in [5, 5.41) is 0. The Balaban J connectivity index is 1.48. The van der Waals surface area contributed by atoms with Crippen LogP contribution in [0.4, 0.5) is 8.78 Å². The van der Waals surface area contributed by atoms with Crippen molar-refractivity contribution in [2.75, 3.05) is 0 Å². The number of allylic oxidation sites excluding steroid dienone is 2. The summed E-state index contributed by atoms with van der Waals surface area (Å²) < 4.78 is 28.1. The number of hydrogen-bond donors (Lipinski definition) is 1. The van der Waals surface area contributed by atoms with Crippen LogP contribution >= 0.6 is 0 Å². The van der Waals surface area contributed by atoms with Crippen molar-refractivity contribution in [3.63, 3.8) is 0 Å². The summed E-state index contributed by atoms with van der Waals surface area (Å²) in [4.78, 5) is 29.9. The number of aryl methyl sites for hydroxylation is 1. The third kappa shape index (κ3) is 6.01. The maximum absolute atomic E-state index is 14.1. The molecular formula is C33H28F2N2O2. The lowest BCUT2D eigenvalue weighted by Crippen LogP contribution is -2.14. The van der Waals surface area contributed by atoms with E-state index in [0.29, 0.717) is 16.8 Å². The van der Waals surface area contributed by atoms with Crippen molar-refractivity contribution in [1.82, 2.24) is 4.98 Å². The number of amides is 1. The van der Waals surface area contributed by atoms with Crippen molar-refractivity contribution >= 4 is 17.3 Å². The molecule has 1 heterocycles. The van der Waals surface area contributed by atoms with Gasteiger partial charge >= 0.3 is 0 Å². The topological polar surface area (TPSA) is 73.1 Å². The Labute approximate surface area is 226 Å². The molecule has 1 aliphatic rings. The minimum Gasteiger partial charge on any atom is -0.366 e. The number of nitrogens with zero attached hydrogens (tertiary/aromatic N) is 1. The number of carbonyl (C=O) groups is 2. The van der Waals surface area contributed by atoms with E-state index in [2.05, 4.69) is 23.2 Å².